The zero-order valence-corrected chi connectivity index (χ0v) is 12.9. The number of likely N-dealkylation sites (tertiary alicyclic amines) is 2. The minimum Gasteiger partial charge on any atom is -0.311 e. The standard InChI is InChI=1S/C17H31N3/c1-2-8-20(7-1)17-6-10-19(13-17)9-5-14-11-15-3-4-16(12-14)18-15/h14-18H,1-13H2. The first kappa shape index (κ1) is 13.5. The molecule has 4 heterocycles. The molecule has 0 amide bonds. The molecule has 0 aromatic carbocycles. The van der Waals surface area contributed by atoms with Gasteiger partial charge < -0.3 is 10.2 Å². The molecule has 3 nitrogen and oxygen atoms in total. The van der Waals surface area contributed by atoms with Crippen LogP contribution in [0.1, 0.15) is 51.4 Å². The summed E-state index contributed by atoms with van der Waals surface area (Å²) >= 11 is 0. The van der Waals surface area contributed by atoms with E-state index in [1.807, 2.05) is 0 Å². The van der Waals surface area contributed by atoms with Crippen molar-refractivity contribution in [2.75, 3.05) is 32.7 Å². The number of fused-ring (bicyclic) bond motifs is 2. The molecule has 4 aliphatic rings. The van der Waals surface area contributed by atoms with Gasteiger partial charge in [0.1, 0.15) is 0 Å². The lowest BCUT2D eigenvalue weighted by atomic mass is 9.89. The van der Waals surface area contributed by atoms with Gasteiger partial charge in [-0.1, -0.05) is 0 Å². The zero-order chi connectivity index (χ0) is 13.4. The highest BCUT2D eigenvalue weighted by molar-refractivity contribution is 4.92. The Hall–Kier alpha value is -0.120. The molecule has 1 N–H and O–H groups in total. The number of piperidine rings is 1. The van der Waals surface area contributed by atoms with Crippen LogP contribution in [-0.2, 0) is 0 Å². The molecule has 4 aliphatic heterocycles. The molecule has 0 aromatic rings. The van der Waals surface area contributed by atoms with Crippen LogP contribution in [0.25, 0.3) is 0 Å². The van der Waals surface area contributed by atoms with Crippen LogP contribution in [0.5, 0.6) is 0 Å². The molecule has 4 fully saturated rings. The second-order valence-corrected chi connectivity index (χ2v) is 7.75. The van der Waals surface area contributed by atoms with E-state index in [0.717, 1.165) is 24.0 Å². The summed E-state index contributed by atoms with van der Waals surface area (Å²) in [7, 11) is 0. The largest absolute Gasteiger partial charge is 0.311 e. The van der Waals surface area contributed by atoms with Crippen molar-refractivity contribution in [3.8, 4) is 0 Å². The highest BCUT2D eigenvalue weighted by Gasteiger charge is 2.34. The quantitative estimate of drug-likeness (QED) is 0.849. The maximum atomic E-state index is 3.77. The van der Waals surface area contributed by atoms with Crippen LogP contribution in [0, 0.1) is 5.92 Å². The van der Waals surface area contributed by atoms with E-state index in [9.17, 15) is 0 Å². The molecule has 20 heavy (non-hydrogen) atoms. The fraction of sp³-hybridized carbons (Fsp3) is 1.00. The third-order valence-corrected chi connectivity index (χ3v) is 6.33. The van der Waals surface area contributed by atoms with Gasteiger partial charge in [-0.25, -0.2) is 0 Å². The van der Waals surface area contributed by atoms with Gasteiger partial charge in [0, 0.05) is 24.7 Å². The van der Waals surface area contributed by atoms with Gasteiger partial charge in [0.2, 0.25) is 0 Å². The summed E-state index contributed by atoms with van der Waals surface area (Å²) < 4.78 is 0. The van der Waals surface area contributed by atoms with Gasteiger partial charge in [0.05, 0.1) is 0 Å². The Morgan fingerprint density at radius 3 is 2.40 bits per heavy atom. The van der Waals surface area contributed by atoms with E-state index in [4.69, 9.17) is 0 Å². The second kappa shape index (κ2) is 5.94. The van der Waals surface area contributed by atoms with Crippen molar-refractivity contribution in [1.29, 1.82) is 0 Å². The first-order valence-electron chi connectivity index (χ1n) is 9.09. The van der Waals surface area contributed by atoms with Gasteiger partial charge in [-0.3, -0.25) is 4.90 Å². The highest BCUT2D eigenvalue weighted by atomic mass is 15.3. The Labute approximate surface area is 124 Å². The molecule has 3 heteroatoms. The molecule has 0 radical (unpaired) electrons. The van der Waals surface area contributed by atoms with E-state index in [0.29, 0.717) is 0 Å². The van der Waals surface area contributed by atoms with Crippen LogP contribution in [0.4, 0.5) is 0 Å². The van der Waals surface area contributed by atoms with E-state index >= 15 is 0 Å². The Bertz CT molecular complexity index is 314. The van der Waals surface area contributed by atoms with Crippen LogP contribution < -0.4 is 5.32 Å². The van der Waals surface area contributed by atoms with Crippen LogP contribution in [-0.4, -0.2) is 60.6 Å². The van der Waals surface area contributed by atoms with E-state index in [1.165, 1.54) is 84.1 Å². The summed E-state index contributed by atoms with van der Waals surface area (Å²) in [6.45, 7) is 6.83. The third-order valence-electron chi connectivity index (χ3n) is 6.33. The Kier molecular flexibility index (Phi) is 4.02. The molecular weight excluding hydrogens is 246 g/mol. The monoisotopic (exact) mass is 277 g/mol. The number of hydrogen-bond acceptors (Lipinski definition) is 3. The first-order chi connectivity index (χ1) is 9.87. The minimum atomic E-state index is 0.870. The number of nitrogens with one attached hydrogen (secondary N) is 1. The van der Waals surface area contributed by atoms with Crippen molar-refractivity contribution in [1.82, 2.24) is 15.1 Å². The fourth-order valence-corrected chi connectivity index (χ4v) is 5.20. The molecule has 0 spiro atoms. The maximum Gasteiger partial charge on any atom is 0.0235 e. The molecule has 0 saturated carbocycles. The van der Waals surface area contributed by atoms with Gasteiger partial charge in [0.25, 0.3) is 0 Å². The smallest absolute Gasteiger partial charge is 0.0235 e. The van der Waals surface area contributed by atoms with Gasteiger partial charge in [-0.2, -0.15) is 0 Å². The lowest BCUT2D eigenvalue weighted by Crippen LogP contribution is -2.39. The van der Waals surface area contributed by atoms with Crippen molar-refractivity contribution in [2.45, 2.75) is 69.5 Å². The van der Waals surface area contributed by atoms with Crippen molar-refractivity contribution < 1.29 is 0 Å². The fourth-order valence-electron chi connectivity index (χ4n) is 5.20. The predicted molar refractivity (Wildman–Crippen MR) is 82.9 cm³/mol. The van der Waals surface area contributed by atoms with Gasteiger partial charge in [-0.05, 0) is 83.5 Å². The summed E-state index contributed by atoms with van der Waals surface area (Å²) in [5.74, 6) is 1.01. The third kappa shape index (κ3) is 2.90. The molecule has 0 aliphatic carbocycles. The van der Waals surface area contributed by atoms with Gasteiger partial charge in [0.15, 0.2) is 0 Å². The summed E-state index contributed by atoms with van der Waals surface area (Å²) in [6, 6.07) is 2.63. The zero-order valence-electron chi connectivity index (χ0n) is 12.9. The summed E-state index contributed by atoms with van der Waals surface area (Å²) in [5.41, 5.74) is 0. The molecule has 0 aromatic heterocycles. The second-order valence-electron chi connectivity index (χ2n) is 7.75. The van der Waals surface area contributed by atoms with Crippen LogP contribution in [0.2, 0.25) is 0 Å². The first-order valence-corrected chi connectivity index (χ1v) is 9.09. The van der Waals surface area contributed by atoms with Crippen molar-refractivity contribution in [3.63, 3.8) is 0 Å². The Morgan fingerprint density at radius 1 is 0.900 bits per heavy atom. The van der Waals surface area contributed by atoms with Crippen LogP contribution >= 0.6 is 0 Å². The summed E-state index contributed by atoms with van der Waals surface area (Å²) in [6.07, 6.45) is 11.6. The van der Waals surface area contributed by atoms with E-state index in [2.05, 4.69) is 15.1 Å². The number of nitrogens with zero attached hydrogens (tertiary/aromatic N) is 2. The molecule has 4 saturated heterocycles. The van der Waals surface area contributed by atoms with Gasteiger partial charge >= 0.3 is 0 Å². The molecular formula is C17H31N3. The predicted octanol–water partition coefficient (Wildman–Crippen LogP) is 2.08. The molecule has 3 atom stereocenters. The SMILES string of the molecule is C1CCN(C2CCN(CCC3CC4CCC(C3)N4)C2)C1. The molecule has 114 valence electrons. The lowest BCUT2D eigenvalue weighted by Gasteiger charge is -2.30. The Balaban J connectivity index is 1.20. The van der Waals surface area contributed by atoms with E-state index in [-0.39, 0.29) is 0 Å². The van der Waals surface area contributed by atoms with Crippen LogP contribution in [0.15, 0.2) is 0 Å². The lowest BCUT2D eigenvalue weighted by molar-refractivity contribution is 0.213. The molecule has 4 rings (SSSR count). The van der Waals surface area contributed by atoms with E-state index < -0.39 is 0 Å². The summed E-state index contributed by atoms with van der Waals surface area (Å²) in [5, 5.41) is 3.77. The Morgan fingerprint density at radius 2 is 1.65 bits per heavy atom. The minimum absolute atomic E-state index is 0.870. The average Bonchev–Trinajstić information content (AvgIpc) is 3.17. The normalized spacial score (nSPS) is 42.6. The van der Waals surface area contributed by atoms with Crippen molar-refractivity contribution in [3.05, 3.63) is 0 Å². The number of hydrogen-bond donors (Lipinski definition) is 1. The van der Waals surface area contributed by atoms with Gasteiger partial charge in [-0.15, -0.1) is 0 Å². The maximum absolute atomic E-state index is 3.77. The topological polar surface area (TPSA) is 18.5 Å². The summed E-state index contributed by atoms with van der Waals surface area (Å²) in [4.78, 5) is 5.51. The van der Waals surface area contributed by atoms with Crippen molar-refractivity contribution >= 4 is 0 Å². The van der Waals surface area contributed by atoms with E-state index in [1.54, 1.807) is 0 Å². The molecule has 2 bridgehead atoms. The van der Waals surface area contributed by atoms with Crippen molar-refractivity contribution in [2.24, 2.45) is 5.92 Å². The highest BCUT2D eigenvalue weighted by Crippen LogP contribution is 2.33. The van der Waals surface area contributed by atoms with Crippen LogP contribution in [0.3, 0.4) is 0 Å². The average molecular weight is 277 g/mol. The molecule has 3 unspecified atom stereocenters. The number of rotatable bonds is 4.